The lowest BCUT2D eigenvalue weighted by Crippen LogP contribution is -1.98. The smallest absolute Gasteiger partial charge is 0.162 e. The molecular formula is C23H16Br2ClNO2. The van der Waals surface area contributed by atoms with Gasteiger partial charge in [-0.3, -0.25) is 0 Å². The van der Waals surface area contributed by atoms with Crippen LogP contribution in [-0.4, -0.2) is 7.11 Å². The predicted molar refractivity (Wildman–Crippen MR) is 124 cm³/mol. The van der Waals surface area contributed by atoms with Gasteiger partial charge in [-0.05, 0) is 59.2 Å². The maximum absolute atomic E-state index is 9.60. The molecule has 0 spiro atoms. The molecule has 0 aliphatic heterocycles. The molecule has 0 saturated carbocycles. The predicted octanol–water partition coefficient (Wildman–Crippen LogP) is 7.52. The largest absolute Gasteiger partial charge is 0.493 e. The van der Waals surface area contributed by atoms with Gasteiger partial charge in [0.2, 0.25) is 0 Å². The minimum absolute atomic E-state index is 0.414. The summed E-state index contributed by atoms with van der Waals surface area (Å²) in [5, 5.41) is 10.2. The first-order valence-corrected chi connectivity index (χ1v) is 10.6. The number of nitrogens with zero attached hydrogens (tertiary/aromatic N) is 1. The van der Waals surface area contributed by atoms with Crippen molar-refractivity contribution in [3.05, 3.63) is 91.3 Å². The lowest BCUT2D eigenvalue weighted by molar-refractivity contribution is 0.284. The molecule has 3 nitrogen and oxygen atoms in total. The summed E-state index contributed by atoms with van der Waals surface area (Å²) in [6, 6.07) is 21.0. The van der Waals surface area contributed by atoms with E-state index in [2.05, 4.69) is 37.9 Å². The maximum Gasteiger partial charge on any atom is 0.162 e. The van der Waals surface area contributed by atoms with Gasteiger partial charge in [-0.25, -0.2) is 0 Å². The van der Waals surface area contributed by atoms with E-state index in [4.69, 9.17) is 21.1 Å². The fraction of sp³-hybridized carbons (Fsp3) is 0.0870. The van der Waals surface area contributed by atoms with Gasteiger partial charge in [-0.15, -0.1) is 0 Å². The lowest BCUT2D eigenvalue weighted by atomic mass is 10.0. The van der Waals surface area contributed by atoms with Crippen LogP contribution in [0, 0.1) is 11.3 Å². The zero-order valence-corrected chi connectivity index (χ0v) is 19.4. The topological polar surface area (TPSA) is 42.2 Å². The minimum Gasteiger partial charge on any atom is -0.493 e. The Morgan fingerprint density at radius 1 is 1.07 bits per heavy atom. The fourth-order valence-electron chi connectivity index (χ4n) is 2.67. The van der Waals surface area contributed by atoms with Gasteiger partial charge in [0.1, 0.15) is 6.61 Å². The molecular weight excluding hydrogens is 518 g/mol. The number of halogens is 3. The SMILES string of the molecule is COc1cc(C=C(C#N)c2cccc(Cl)c2)c(Br)cc1OCc1ccc(Br)cc1. The van der Waals surface area contributed by atoms with E-state index in [0.29, 0.717) is 28.7 Å². The number of ether oxygens (including phenoxy) is 2. The quantitative estimate of drug-likeness (QED) is 0.243. The van der Waals surface area contributed by atoms with Gasteiger partial charge in [-0.2, -0.15) is 5.26 Å². The van der Waals surface area contributed by atoms with Crippen LogP contribution in [0.3, 0.4) is 0 Å². The molecule has 3 rings (SSSR count). The molecule has 0 fully saturated rings. The Bertz CT molecular complexity index is 1090. The average Bonchev–Trinajstić information content (AvgIpc) is 2.72. The summed E-state index contributed by atoms with van der Waals surface area (Å²) in [4.78, 5) is 0. The molecule has 0 unspecified atom stereocenters. The third-order valence-corrected chi connectivity index (χ3v) is 5.60. The van der Waals surface area contributed by atoms with Gasteiger partial charge in [0, 0.05) is 14.0 Å². The summed E-state index contributed by atoms with van der Waals surface area (Å²) in [5.41, 5.74) is 3.10. The van der Waals surface area contributed by atoms with Crippen molar-refractivity contribution in [2.75, 3.05) is 7.11 Å². The molecule has 0 aliphatic carbocycles. The Hall–Kier alpha value is -2.26. The van der Waals surface area contributed by atoms with E-state index < -0.39 is 0 Å². The molecule has 0 radical (unpaired) electrons. The van der Waals surface area contributed by atoms with Crippen molar-refractivity contribution >= 4 is 55.1 Å². The highest BCUT2D eigenvalue weighted by Crippen LogP contribution is 2.36. The van der Waals surface area contributed by atoms with Crippen molar-refractivity contribution in [1.29, 1.82) is 5.26 Å². The summed E-state index contributed by atoms with van der Waals surface area (Å²) < 4.78 is 13.3. The molecule has 146 valence electrons. The Morgan fingerprint density at radius 2 is 1.83 bits per heavy atom. The Balaban J connectivity index is 1.89. The number of allylic oxidation sites excluding steroid dienone is 1. The highest BCUT2D eigenvalue weighted by molar-refractivity contribution is 9.10. The second-order valence-electron chi connectivity index (χ2n) is 6.12. The Kier molecular flexibility index (Phi) is 7.38. The van der Waals surface area contributed by atoms with Crippen LogP contribution in [0.5, 0.6) is 11.5 Å². The summed E-state index contributed by atoms with van der Waals surface area (Å²) in [7, 11) is 1.59. The van der Waals surface area contributed by atoms with Crippen molar-refractivity contribution in [1.82, 2.24) is 0 Å². The van der Waals surface area contributed by atoms with E-state index in [1.165, 1.54) is 0 Å². The molecule has 3 aromatic rings. The van der Waals surface area contributed by atoms with Gasteiger partial charge in [0.25, 0.3) is 0 Å². The van der Waals surface area contributed by atoms with Crippen LogP contribution in [0.2, 0.25) is 5.02 Å². The first-order chi connectivity index (χ1) is 14.0. The molecule has 0 atom stereocenters. The van der Waals surface area contributed by atoms with Crippen LogP contribution in [0.4, 0.5) is 0 Å². The van der Waals surface area contributed by atoms with Gasteiger partial charge in [0.05, 0.1) is 18.8 Å². The van der Waals surface area contributed by atoms with Gasteiger partial charge < -0.3 is 9.47 Å². The van der Waals surface area contributed by atoms with Gasteiger partial charge >= 0.3 is 0 Å². The van der Waals surface area contributed by atoms with E-state index in [1.807, 2.05) is 48.5 Å². The molecule has 0 saturated heterocycles. The molecule has 0 bridgehead atoms. The van der Waals surface area contributed by atoms with Crippen molar-refractivity contribution in [3.8, 4) is 17.6 Å². The number of benzene rings is 3. The van der Waals surface area contributed by atoms with Crippen LogP contribution in [-0.2, 0) is 6.61 Å². The molecule has 3 aromatic carbocycles. The minimum atomic E-state index is 0.414. The first kappa shape index (κ1) is 21.4. The van der Waals surface area contributed by atoms with Crippen LogP contribution < -0.4 is 9.47 Å². The van der Waals surface area contributed by atoms with Gasteiger partial charge in [-0.1, -0.05) is 67.7 Å². The number of methoxy groups -OCH3 is 1. The summed E-state index contributed by atoms with van der Waals surface area (Å²) >= 11 is 13.1. The van der Waals surface area contributed by atoms with Crippen molar-refractivity contribution in [2.24, 2.45) is 0 Å². The molecule has 0 amide bonds. The molecule has 29 heavy (non-hydrogen) atoms. The molecule has 0 heterocycles. The molecule has 0 aliphatic rings. The van der Waals surface area contributed by atoms with Crippen LogP contribution >= 0.6 is 43.5 Å². The van der Waals surface area contributed by atoms with Crippen molar-refractivity contribution in [3.63, 3.8) is 0 Å². The fourth-order valence-corrected chi connectivity index (χ4v) is 3.56. The van der Waals surface area contributed by atoms with E-state index in [0.717, 1.165) is 25.6 Å². The number of hydrogen-bond donors (Lipinski definition) is 0. The van der Waals surface area contributed by atoms with Gasteiger partial charge in [0.15, 0.2) is 11.5 Å². The van der Waals surface area contributed by atoms with Crippen LogP contribution in [0.25, 0.3) is 11.6 Å². The van der Waals surface area contributed by atoms with Crippen LogP contribution in [0.15, 0.2) is 69.6 Å². The van der Waals surface area contributed by atoms with Crippen LogP contribution in [0.1, 0.15) is 16.7 Å². The molecule has 0 aromatic heterocycles. The monoisotopic (exact) mass is 531 g/mol. The third-order valence-electron chi connectivity index (χ3n) is 4.15. The number of rotatable bonds is 6. The van der Waals surface area contributed by atoms with E-state index in [-0.39, 0.29) is 0 Å². The summed E-state index contributed by atoms with van der Waals surface area (Å²) in [6.07, 6.45) is 1.79. The molecule has 0 N–H and O–H groups in total. The number of nitriles is 1. The first-order valence-electron chi connectivity index (χ1n) is 8.62. The van der Waals surface area contributed by atoms with E-state index in [1.54, 1.807) is 25.3 Å². The van der Waals surface area contributed by atoms with Crippen molar-refractivity contribution in [2.45, 2.75) is 6.61 Å². The number of hydrogen-bond acceptors (Lipinski definition) is 3. The highest BCUT2D eigenvalue weighted by atomic mass is 79.9. The summed E-state index contributed by atoms with van der Waals surface area (Å²) in [6.45, 7) is 0.414. The summed E-state index contributed by atoms with van der Waals surface area (Å²) in [5.74, 6) is 1.20. The van der Waals surface area contributed by atoms with E-state index in [9.17, 15) is 5.26 Å². The average molecular weight is 534 g/mol. The maximum atomic E-state index is 9.60. The lowest BCUT2D eigenvalue weighted by Gasteiger charge is -2.13. The second-order valence-corrected chi connectivity index (χ2v) is 8.33. The Morgan fingerprint density at radius 3 is 2.48 bits per heavy atom. The standard InChI is InChI=1S/C23H16Br2ClNO2/c1-28-22-11-17(9-18(13-27)16-3-2-4-20(26)10-16)21(25)12-23(22)29-14-15-5-7-19(24)8-6-15/h2-12H,14H2,1H3. The molecule has 6 heteroatoms. The zero-order valence-electron chi connectivity index (χ0n) is 15.5. The highest BCUT2D eigenvalue weighted by Gasteiger charge is 2.11. The second kappa shape index (κ2) is 9.98. The van der Waals surface area contributed by atoms with Crippen molar-refractivity contribution < 1.29 is 9.47 Å². The third kappa shape index (κ3) is 5.63. The van der Waals surface area contributed by atoms with E-state index >= 15 is 0 Å². The Labute approximate surface area is 191 Å². The normalized spacial score (nSPS) is 11.1. The zero-order chi connectivity index (χ0) is 20.8.